The van der Waals surface area contributed by atoms with Gasteiger partial charge in [-0.2, -0.15) is 0 Å². The van der Waals surface area contributed by atoms with Gasteiger partial charge in [-0.1, -0.05) is 13.0 Å². The number of carboxylic acids is 1. The monoisotopic (exact) mass is 262 g/mol. The Labute approximate surface area is 112 Å². The van der Waals surface area contributed by atoms with Crippen molar-refractivity contribution in [2.24, 2.45) is 11.3 Å². The largest absolute Gasteiger partial charge is 0.478 e. The van der Waals surface area contributed by atoms with Crippen LogP contribution in [0.1, 0.15) is 27.2 Å². The van der Waals surface area contributed by atoms with Gasteiger partial charge >= 0.3 is 5.97 Å². The summed E-state index contributed by atoms with van der Waals surface area (Å²) in [5.74, 6) is -1.05. The van der Waals surface area contributed by atoms with Crippen LogP contribution in [-0.2, 0) is 9.59 Å². The van der Waals surface area contributed by atoms with Crippen molar-refractivity contribution in [3.8, 4) is 0 Å². The quantitative estimate of drug-likeness (QED) is 0.601. The number of fused-ring (bicyclic) bond motifs is 1. The highest BCUT2D eigenvalue weighted by atomic mass is 16.4. The number of aliphatic hydroxyl groups is 1. The maximum Gasteiger partial charge on any atom is 0.328 e. The molecule has 0 heterocycles. The van der Waals surface area contributed by atoms with Crippen LogP contribution in [0.15, 0.2) is 35.5 Å². The summed E-state index contributed by atoms with van der Waals surface area (Å²) in [4.78, 5) is 22.3. The topological polar surface area (TPSA) is 74.6 Å². The van der Waals surface area contributed by atoms with Crippen LogP contribution in [0.4, 0.5) is 0 Å². The smallest absolute Gasteiger partial charge is 0.328 e. The minimum atomic E-state index is -1.17. The molecule has 102 valence electrons. The van der Waals surface area contributed by atoms with E-state index in [1.807, 2.05) is 6.92 Å². The molecule has 2 aliphatic carbocycles. The van der Waals surface area contributed by atoms with Gasteiger partial charge in [0, 0.05) is 17.4 Å². The van der Waals surface area contributed by atoms with E-state index in [0.29, 0.717) is 17.6 Å². The summed E-state index contributed by atoms with van der Waals surface area (Å²) in [7, 11) is 0. The molecule has 0 unspecified atom stereocenters. The second-order valence-electron chi connectivity index (χ2n) is 5.73. The van der Waals surface area contributed by atoms with Crippen molar-refractivity contribution in [2.75, 3.05) is 0 Å². The lowest BCUT2D eigenvalue weighted by Gasteiger charge is -2.36. The van der Waals surface area contributed by atoms with E-state index in [1.54, 1.807) is 26.0 Å². The predicted molar refractivity (Wildman–Crippen MR) is 70.5 cm³/mol. The van der Waals surface area contributed by atoms with Crippen LogP contribution in [0.5, 0.6) is 0 Å². The molecule has 0 aliphatic heterocycles. The van der Waals surface area contributed by atoms with Gasteiger partial charge in [0.25, 0.3) is 0 Å². The van der Waals surface area contributed by atoms with Crippen molar-refractivity contribution in [1.82, 2.24) is 0 Å². The molecule has 4 heteroatoms. The van der Waals surface area contributed by atoms with Crippen LogP contribution in [-0.4, -0.2) is 27.6 Å². The lowest BCUT2D eigenvalue weighted by atomic mass is 9.73. The fourth-order valence-corrected chi connectivity index (χ4v) is 2.89. The number of ketones is 1. The predicted octanol–water partition coefficient (Wildman–Crippen LogP) is 1.86. The summed E-state index contributed by atoms with van der Waals surface area (Å²) in [6.45, 7) is 5.29. The van der Waals surface area contributed by atoms with Crippen molar-refractivity contribution in [1.29, 1.82) is 0 Å². The van der Waals surface area contributed by atoms with Gasteiger partial charge in [-0.15, -0.1) is 0 Å². The molecule has 2 aliphatic rings. The third-order valence-corrected chi connectivity index (χ3v) is 4.35. The van der Waals surface area contributed by atoms with Gasteiger partial charge in [-0.05, 0) is 43.6 Å². The summed E-state index contributed by atoms with van der Waals surface area (Å²) >= 11 is 0. The average molecular weight is 262 g/mol. The summed E-state index contributed by atoms with van der Waals surface area (Å²) in [6, 6.07) is 0. The molecule has 2 N–H and O–H groups in total. The molecule has 19 heavy (non-hydrogen) atoms. The number of aliphatic carboxylic acids is 1. The van der Waals surface area contributed by atoms with Crippen LogP contribution in [0, 0.1) is 11.3 Å². The maximum absolute atomic E-state index is 11.7. The molecule has 0 bridgehead atoms. The Kier molecular flexibility index (Phi) is 3.01. The van der Waals surface area contributed by atoms with E-state index in [9.17, 15) is 14.7 Å². The number of allylic oxidation sites excluding steroid dienone is 3. The summed E-state index contributed by atoms with van der Waals surface area (Å²) in [5, 5.41) is 19.5. The van der Waals surface area contributed by atoms with Crippen molar-refractivity contribution in [3.63, 3.8) is 0 Å². The van der Waals surface area contributed by atoms with E-state index in [-0.39, 0.29) is 11.7 Å². The highest BCUT2D eigenvalue weighted by molar-refractivity contribution is 5.97. The number of hydrogen-bond acceptors (Lipinski definition) is 3. The van der Waals surface area contributed by atoms with Gasteiger partial charge in [0.1, 0.15) is 5.60 Å². The number of carbonyl (C=O) groups excluding carboxylic acids is 1. The molecule has 0 saturated heterocycles. The molecular weight excluding hydrogens is 244 g/mol. The molecule has 0 radical (unpaired) electrons. The van der Waals surface area contributed by atoms with Crippen molar-refractivity contribution >= 4 is 11.8 Å². The van der Waals surface area contributed by atoms with Crippen LogP contribution in [0.3, 0.4) is 0 Å². The first-order valence-electron chi connectivity index (χ1n) is 6.26. The number of hydrogen-bond donors (Lipinski definition) is 2. The second-order valence-corrected chi connectivity index (χ2v) is 5.73. The average Bonchev–Trinajstić information content (AvgIpc) is 2.98. The molecule has 3 atom stereocenters. The maximum atomic E-state index is 11.7. The molecule has 0 aromatic carbocycles. The lowest BCUT2D eigenvalue weighted by molar-refractivity contribution is -0.131. The van der Waals surface area contributed by atoms with E-state index in [4.69, 9.17) is 5.11 Å². The summed E-state index contributed by atoms with van der Waals surface area (Å²) in [6.07, 6.45) is 6.46. The number of rotatable bonds is 3. The molecular formula is C15H18O4. The van der Waals surface area contributed by atoms with E-state index in [0.717, 1.165) is 6.08 Å². The first-order valence-corrected chi connectivity index (χ1v) is 6.26. The standard InChI is InChI=1S/C15H18O4/c1-9(6-13(17)18)4-5-15(19)10(2)7-12(16)11-8-14(11,15)3/h4-7,11,19H,8H2,1-3H3,(H,17,18)/b5-4+,9-6-/t11-,14-,15+/m1/s1. The fourth-order valence-electron chi connectivity index (χ4n) is 2.89. The van der Waals surface area contributed by atoms with Crippen molar-refractivity contribution in [3.05, 3.63) is 35.5 Å². The van der Waals surface area contributed by atoms with Gasteiger partial charge in [-0.25, -0.2) is 4.79 Å². The third kappa shape index (κ3) is 2.06. The van der Waals surface area contributed by atoms with Crippen LogP contribution in [0.25, 0.3) is 0 Å². The number of carbonyl (C=O) groups is 2. The van der Waals surface area contributed by atoms with Gasteiger partial charge in [-0.3, -0.25) is 4.79 Å². The summed E-state index contributed by atoms with van der Waals surface area (Å²) < 4.78 is 0. The van der Waals surface area contributed by atoms with E-state index >= 15 is 0 Å². The van der Waals surface area contributed by atoms with Gasteiger partial charge < -0.3 is 10.2 Å². The Hall–Kier alpha value is -1.68. The van der Waals surface area contributed by atoms with Crippen LogP contribution < -0.4 is 0 Å². The Bertz CT molecular complexity index is 540. The zero-order valence-corrected chi connectivity index (χ0v) is 11.3. The van der Waals surface area contributed by atoms with Gasteiger partial charge in [0.2, 0.25) is 0 Å². The molecule has 4 nitrogen and oxygen atoms in total. The van der Waals surface area contributed by atoms with Crippen LogP contribution >= 0.6 is 0 Å². The summed E-state index contributed by atoms with van der Waals surface area (Å²) in [5.41, 5.74) is -0.457. The SMILES string of the molecule is CC1=CC(=O)[C@H]2C[C@@]2(C)[C@]1(O)/C=C/C(C)=C\C(=O)O. The normalized spacial score (nSPS) is 38.1. The van der Waals surface area contributed by atoms with Gasteiger partial charge in [0.15, 0.2) is 5.78 Å². The highest BCUT2D eigenvalue weighted by Gasteiger charge is 2.67. The number of carboxylic acid groups (broad SMARTS) is 1. The molecule has 0 amide bonds. The molecule has 0 aromatic heterocycles. The minimum Gasteiger partial charge on any atom is -0.478 e. The van der Waals surface area contributed by atoms with Crippen molar-refractivity contribution < 1.29 is 19.8 Å². The second kappa shape index (κ2) is 4.17. The zero-order chi connectivity index (χ0) is 14.4. The first-order chi connectivity index (χ1) is 8.70. The fraction of sp³-hybridized carbons (Fsp3) is 0.467. The Morgan fingerprint density at radius 3 is 2.74 bits per heavy atom. The Balaban J connectivity index is 2.33. The van der Waals surface area contributed by atoms with Gasteiger partial charge in [0.05, 0.1) is 0 Å². The highest BCUT2D eigenvalue weighted by Crippen LogP contribution is 2.64. The molecule has 0 aromatic rings. The zero-order valence-electron chi connectivity index (χ0n) is 11.3. The Morgan fingerprint density at radius 1 is 1.53 bits per heavy atom. The van der Waals surface area contributed by atoms with E-state index in [2.05, 4.69) is 0 Å². The molecule has 1 saturated carbocycles. The van der Waals surface area contributed by atoms with Crippen molar-refractivity contribution in [2.45, 2.75) is 32.8 Å². The molecule has 1 fully saturated rings. The van der Waals surface area contributed by atoms with E-state index in [1.165, 1.54) is 6.08 Å². The first kappa shape index (κ1) is 13.7. The lowest BCUT2D eigenvalue weighted by Crippen LogP contribution is -2.42. The Morgan fingerprint density at radius 2 is 2.16 bits per heavy atom. The minimum absolute atomic E-state index is 0.0795. The third-order valence-electron chi connectivity index (χ3n) is 4.35. The van der Waals surface area contributed by atoms with E-state index < -0.39 is 17.0 Å². The van der Waals surface area contributed by atoms with Crippen LogP contribution in [0.2, 0.25) is 0 Å². The molecule has 2 rings (SSSR count). The molecule has 0 spiro atoms.